The molecular weight excluding hydrogens is 387 g/mol. The molecule has 0 aromatic heterocycles. The van der Waals surface area contributed by atoms with Crippen molar-refractivity contribution in [3.8, 4) is 5.75 Å². The predicted molar refractivity (Wildman–Crippen MR) is 117 cm³/mol. The highest BCUT2D eigenvalue weighted by Gasteiger charge is 2.10. The molecule has 0 spiro atoms. The van der Waals surface area contributed by atoms with Crippen molar-refractivity contribution in [1.29, 1.82) is 0 Å². The minimum atomic E-state index is -0.413. The Hall–Kier alpha value is -3.25. The summed E-state index contributed by atoms with van der Waals surface area (Å²) in [6.45, 7) is 0.558. The molecule has 4 nitrogen and oxygen atoms in total. The third-order valence-corrected chi connectivity index (χ3v) is 4.38. The summed E-state index contributed by atoms with van der Waals surface area (Å²) in [5, 5.41) is 5.70. The Morgan fingerprint density at radius 2 is 1.62 bits per heavy atom. The van der Waals surface area contributed by atoms with Gasteiger partial charge in [-0.2, -0.15) is 0 Å². The number of hydrogen-bond donors (Lipinski definition) is 2. The van der Waals surface area contributed by atoms with Crippen molar-refractivity contribution in [2.24, 2.45) is 0 Å². The Balaban J connectivity index is 1.52. The molecule has 0 saturated heterocycles. The van der Waals surface area contributed by atoms with Crippen molar-refractivity contribution in [2.45, 2.75) is 12.8 Å². The Morgan fingerprint density at radius 1 is 0.931 bits per heavy atom. The molecule has 0 bridgehead atoms. The highest BCUT2D eigenvalue weighted by atomic mass is 32.1. The number of carbonyl (C=O) groups excluding carboxylic acids is 1. The predicted octanol–water partition coefficient (Wildman–Crippen LogP) is 4.96. The third-order valence-electron chi connectivity index (χ3n) is 4.18. The summed E-state index contributed by atoms with van der Waals surface area (Å²) in [7, 11) is 0. The molecule has 6 heteroatoms. The standard InChI is InChI=1S/C23H21FN2O2S/c24-19-14-12-18(13-15-19)22(27)26-23(29)25-20-10-4-5-11-21(20)28-16-6-9-17-7-2-1-3-8-17/h1-5,7-8,10-15H,6,9,16H2,(H2,25,26,27,29). The molecular formula is C23H21FN2O2S. The molecule has 3 aromatic rings. The molecule has 0 aliphatic carbocycles. The Labute approximate surface area is 174 Å². The number of thiocarbonyl (C=S) groups is 1. The molecule has 0 aliphatic rings. The second kappa shape index (κ2) is 10.3. The number of carbonyl (C=O) groups is 1. The van der Waals surface area contributed by atoms with E-state index in [1.165, 1.54) is 29.8 Å². The maximum atomic E-state index is 13.0. The number of hydrogen-bond acceptors (Lipinski definition) is 3. The number of para-hydroxylation sites is 2. The van der Waals surface area contributed by atoms with Crippen LogP contribution < -0.4 is 15.4 Å². The van der Waals surface area contributed by atoms with Crippen molar-refractivity contribution >= 4 is 28.9 Å². The average molecular weight is 408 g/mol. The lowest BCUT2D eigenvalue weighted by Crippen LogP contribution is -2.34. The topological polar surface area (TPSA) is 50.4 Å². The van der Waals surface area contributed by atoms with Gasteiger partial charge < -0.3 is 10.1 Å². The summed E-state index contributed by atoms with van der Waals surface area (Å²) >= 11 is 5.22. The number of amides is 1. The molecule has 0 aliphatic heterocycles. The van der Waals surface area contributed by atoms with Crippen molar-refractivity contribution in [1.82, 2.24) is 5.32 Å². The first-order valence-electron chi connectivity index (χ1n) is 9.25. The molecule has 3 aromatic carbocycles. The minimum Gasteiger partial charge on any atom is -0.491 e. The fourth-order valence-electron chi connectivity index (χ4n) is 2.73. The van der Waals surface area contributed by atoms with Gasteiger partial charge in [0.2, 0.25) is 0 Å². The summed E-state index contributed by atoms with van der Waals surface area (Å²) in [6.07, 6.45) is 1.81. The van der Waals surface area contributed by atoms with Crippen LogP contribution in [0.1, 0.15) is 22.3 Å². The fraction of sp³-hybridized carbons (Fsp3) is 0.130. The highest BCUT2D eigenvalue weighted by molar-refractivity contribution is 7.80. The molecule has 0 saturated carbocycles. The van der Waals surface area contributed by atoms with Crippen LogP contribution in [0.4, 0.5) is 10.1 Å². The first kappa shape index (κ1) is 20.5. The van der Waals surface area contributed by atoms with Gasteiger partial charge in [-0.05, 0) is 67.0 Å². The first-order valence-corrected chi connectivity index (χ1v) is 9.66. The summed E-state index contributed by atoms with van der Waals surface area (Å²) < 4.78 is 18.9. The lowest BCUT2D eigenvalue weighted by molar-refractivity contribution is 0.0977. The molecule has 0 unspecified atom stereocenters. The maximum absolute atomic E-state index is 13.0. The number of nitrogens with one attached hydrogen (secondary N) is 2. The van der Waals surface area contributed by atoms with E-state index in [2.05, 4.69) is 22.8 Å². The number of aryl methyl sites for hydroxylation is 1. The van der Waals surface area contributed by atoms with Gasteiger partial charge in [0.1, 0.15) is 11.6 Å². The van der Waals surface area contributed by atoms with Gasteiger partial charge in [0.25, 0.3) is 5.91 Å². The molecule has 148 valence electrons. The van der Waals surface area contributed by atoms with Crippen molar-refractivity contribution in [2.75, 3.05) is 11.9 Å². The van der Waals surface area contributed by atoms with Crippen molar-refractivity contribution in [3.05, 3.63) is 95.8 Å². The molecule has 0 atom stereocenters. The van der Waals surface area contributed by atoms with Gasteiger partial charge in [0, 0.05) is 5.56 Å². The highest BCUT2D eigenvalue weighted by Crippen LogP contribution is 2.24. The van der Waals surface area contributed by atoms with E-state index in [-0.39, 0.29) is 5.11 Å². The van der Waals surface area contributed by atoms with Gasteiger partial charge in [-0.15, -0.1) is 0 Å². The van der Waals surface area contributed by atoms with E-state index < -0.39 is 11.7 Å². The number of ether oxygens (including phenoxy) is 1. The average Bonchev–Trinajstić information content (AvgIpc) is 2.73. The van der Waals surface area contributed by atoms with Crippen LogP contribution in [0.5, 0.6) is 5.75 Å². The fourth-order valence-corrected chi connectivity index (χ4v) is 2.93. The molecule has 0 heterocycles. The minimum absolute atomic E-state index is 0.139. The molecule has 1 amide bonds. The SMILES string of the molecule is O=C(NC(=S)Nc1ccccc1OCCCc1ccccc1)c1ccc(F)cc1. The lowest BCUT2D eigenvalue weighted by Gasteiger charge is -2.14. The largest absolute Gasteiger partial charge is 0.491 e. The Kier molecular flexibility index (Phi) is 7.30. The van der Waals surface area contributed by atoms with Crippen molar-refractivity contribution in [3.63, 3.8) is 0 Å². The van der Waals surface area contributed by atoms with E-state index >= 15 is 0 Å². The van der Waals surface area contributed by atoms with Crippen LogP contribution in [0.15, 0.2) is 78.9 Å². The van der Waals surface area contributed by atoms with Gasteiger partial charge in [-0.3, -0.25) is 10.1 Å². The van der Waals surface area contributed by atoms with Crippen LogP contribution >= 0.6 is 12.2 Å². The first-order chi connectivity index (χ1) is 14.1. The number of rotatable bonds is 7. The van der Waals surface area contributed by atoms with E-state index in [0.717, 1.165) is 12.8 Å². The van der Waals surface area contributed by atoms with Crippen LogP contribution in [0, 0.1) is 5.82 Å². The molecule has 29 heavy (non-hydrogen) atoms. The second-order valence-corrected chi connectivity index (χ2v) is 6.76. The molecule has 0 fully saturated rings. The number of benzene rings is 3. The summed E-state index contributed by atoms with van der Waals surface area (Å²) in [5.41, 5.74) is 2.25. The van der Waals surface area contributed by atoms with E-state index in [9.17, 15) is 9.18 Å². The molecule has 2 N–H and O–H groups in total. The van der Waals surface area contributed by atoms with E-state index in [4.69, 9.17) is 17.0 Å². The van der Waals surface area contributed by atoms with Gasteiger partial charge in [0.15, 0.2) is 5.11 Å². The van der Waals surface area contributed by atoms with E-state index in [0.29, 0.717) is 23.6 Å². The summed E-state index contributed by atoms with van der Waals surface area (Å²) in [4.78, 5) is 12.2. The van der Waals surface area contributed by atoms with E-state index in [1.54, 1.807) is 0 Å². The zero-order chi connectivity index (χ0) is 20.5. The monoisotopic (exact) mass is 408 g/mol. The zero-order valence-electron chi connectivity index (χ0n) is 15.7. The molecule has 3 rings (SSSR count). The number of anilines is 1. The third kappa shape index (κ3) is 6.40. The second-order valence-electron chi connectivity index (χ2n) is 6.35. The van der Waals surface area contributed by atoms with Crippen LogP contribution in [0.25, 0.3) is 0 Å². The van der Waals surface area contributed by atoms with Gasteiger partial charge >= 0.3 is 0 Å². The Morgan fingerprint density at radius 3 is 2.38 bits per heavy atom. The summed E-state index contributed by atoms with van der Waals surface area (Å²) in [6, 6.07) is 22.9. The van der Waals surface area contributed by atoms with Crippen LogP contribution in [-0.4, -0.2) is 17.6 Å². The maximum Gasteiger partial charge on any atom is 0.257 e. The lowest BCUT2D eigenvalue weighted by atomic mass is 10.1. The quantitative estimate of drug-likeness (QED) is 0.428. The van der Waals surface area contributed by atoms with E-state index in [1.807, 2.05) is 42.5 Å². The van der Waals surface area contributed by atoms with Crippen LogP contribution in [-0.2, 0) is 6.42 Å². The zero-order valence-corrected chi connectivity index (χ0v) is 16.5. The number of halogens is 1. The van der Waals surface area contributed by atoms with Crippen molar-refractivity contribution < 1.29 is 13.9 Å². The normalized spacial score (nSPS) is 10.2. The van der Waals surface area contributed by atoms with Gasteiger partial charge in [-0.25, -0.2) is 4.39 Å². The molecule has 0 radical (unpaired) electrons. The Bertz CT molecular complexity index is 962. The van der Waals surface area contributed by atoms with Gasteiger partial charge in [0.05, 0.1) is 12.3 Å². The van der Waals surface area contributed by atoms with Crippen LogP contribution in [0.3, 0.4) is 0 Å². The summed E-state index contributed by atoms with van der Waals surface area (Å²) in [5.74, 6) is -0.164. The van der Waals surface area contributed by atoms with Gasteiger partial charge in [-0.1, -0.05) is 42.5 Å². The smallest absolute Gasteiger partial charge is 0.257 e. The van der Waals surface area contributed by atoms with Crippen LogP contribution in [0.2, 0.25) is 0 Å².